The third-order valence-corrected chi connectivity index (χ3v) is 18.5. The highest BCUT2D eigenvalue weighted by molar-refractivity contribution is 5.74. The first-order valence-corrected chi connectivity index (χ1v) is 32.4. The Morgan fingerprint density at radius 1 is 0.267 bits per heavy atom. The van der Waals surface area contributed by atoms with E-state index in [-0.39, 0.29) is 0 Å². The number of hydrogen-bond acceptors (Lipinski definition) is 40. The van der Waals surface area contributed by atoms with Crippen LogP contribution in [0.5, 0.6) is 0 Å². The fourth-order valence-electron chi connectivity index (χ4n) is 13.2. The molecule has 584 valence electrons. The van der Waals surface area contributed by atoms with E-state index in [1.54, 1.807) is 0 Å². The fourth-order valence-corrected chi connectivity index (χ4v) is 13.2. The smallest absolute Gasteiger partial charge is 0.217 e. The molecule has 8 aliphatic rings. The van der Waals surface area contributed by atoms with E-state index >= 15 is 0 Å². The lowest BCUT2D eigenvalue weighted by Crippen LogP contribution is -2.70. The third-order valence-electron chi connectivity index (χ3n) is 18.5. The van der Waals surface area contributed by atoms with E-state index in [0.717, 1.165) is 27.7 Å². The van der Waals surface area contributed by atoms with Gasteiger partial charge in [0.15, 0.2) is 44.0 Å². The van der Waals surface area contributed by atoms with Crippen molar-refractivity contribution >= 4 is 23.6 Å². The number of rotatable bonds is 26. The van der Waals surface area contributed by atoms with Crippen LogP contribution < -0.4 is 21.3 Å². The monoisotopic (exact) mass is 1480 g/mol. The third kappa shape index (κ3) is 18.5. The molecule has 4 amide bonds. The summed E-state index contributed by atoms with van der Waals surface area (Å²) in [7, 11) is 0. The van der Waals surface area contributed by atoms with Crippen LogP contribution in [0.1, 0.15) is 34.6 Å². The molecular formula is C57H96N4O40. The number of carbonyl (C=O) groups excluding carboxylic acids is 4. The first kappa shape index (κ1) is 83.1. The Hall–Kier alpha value is -3.56. The standard InChI is InChI=1S/C57H96N4O40/c1-14-27(58-15(2)69)37(79)45(23(10-66)88-14)96-52-29(60-17(4)71)38(80)47(25(12-68)93-52)98-55-44(86)48(99-57-50(42(84)34(76)22(9-65)92-57)101-51-28(59-16(3)70)36(78)31(73)19(6-62)89-51)35(77)26(95-55)13-87-56-49(41(83)33(75)21(8-64)91-56)100-53-30(61-18(5)72)39(81)46(24(11-67)94-53)97-54-43(85)40(82)32(74)20(7-63)90-54/h14,19-57,62-68,73-86H,6-13H2,1-5H3,(H,58,69)(H,59,70)(H,60,71)(H,61,72)/t14-,19?,20?,21?,22+,23?,24-,25?,26?,27?,28?,29?,30?,31+,32-,33+,34+,35+,36+,37+,38+,39?,40-,41-,42?,43?,44?,45+,46+,47+,48-,49?,50?,51-,52-,53-,54-,55-,56-,57+/m0/s1. The Morgan fingerprint density at radius 3 is 0.980 bits per heavy atom. The lowest BCUT2D eigenvalue weighted by molar-refractivity contribution is -0.396. The van der Waals surface area contributed by atoms with Gasteiger partial charge in [0.25, 0.3) is 0 Å². The highest BCUT2D eigenvalue weighted by atomic mass is 16.8. The molecule has 16 unspecified atom stereocenters. The largest absolute Gasteiger partial charge is 0.394 e. The van der Waals surface area contributed by atoms with Crippen molar-refractivity contribution in [3.8, 4) is 0 Å². The van der Waals surface area contributed by atoms with Gasteiger partial charge in [-0.3, -0.25) is 19.2 Å². The second-order valence-electron chi connectivity index (χ2n) is 25.7. The average Bonchev–Trinajstić information content (AvgIpc) is 0.773. The van der Waals surface area contributed by atoms with E-state index < -0.39 is 322 Å². The summed E-state index contributed by atoms with van der Waals surface area (Å²) in [6, 6.07) is -6.60. The van der Waals surface area contributed by atoms with Gasteiger partial charge in [-0.05, 0) is 6.92 Å². The first-order chi connectivity index (χ1) is 47.8. The van der Waals surface area contributed by atoms with Crippen LogP contribution in [0.15, 0.2) is 0 Å². The van der Waals surface area contributed by atoms with Crippen molar-refractivity contribution in [2.24, 2.45) is 0 Å². The summed E-state index contributed by atoms with van der Waals surface area (Å²) in [6.07, 6.45) is -71.1. The van der Waals surface area contributed by atoms with Gasteiger partial charge in [-0.2, -0.15) is 0 Å². The quantitative estimate of drug-likeness (QED) is 0.0382. The Kier molecular flexibility index (Phi) is 29.9. The van der Waals surface area contributed by atoms with Crippen LogP contribution in [-0.2, 0) is 90.2 Å². The van der Waals surface area contributed by atoms with E-state index in [9.17, 15) is 126 Å². The average molecular weight is 1480 g/mol. The minimum atomic E-state index is -2.48. The summed E-state index contributed by atoms with van der Waals surface area (Å²) in [4.78, 5) is 50.4. The minimum absolute atomic E-state index is 0.609. The molecule has 0 radical (unpaired) electrons. The topological polar surface area (TPSA) is 680 Å². The van der Waals surface area contributed by atoms with E-state index in [2.05, 4.69) is 21.3 Å². The molecule has 8 fully saturated rings. The predicted octanol–water partition coefficient (Wildman–Crippen LogP) is -16.8. The Balaban J connectivity index is 1.13. The van der Waals surface area contributed by atoms with Gasteiger partial charge >= 0.3 is 0 Å². The maximum absolute atomic E-state index is 12.9. The number of ether oxygens (including phenoxy) is 15. The molecule has 8 aliphatic heterocycles. The van der Waals surface area contributed by atoms with Crippen molar-refractivity contribution in [2.45, 2.75) is 280 Å². The van der Waals surface area contributed by atoms with Gasteiger partial charge in [0, 0.05) is 27.7 Å². The molecule has 44 heteroatoms. The van der Waals surface area contributed by atoms with Crippen LogP contribution in [0, 0.1) is 0 Å². The molecule has 0 spiro atoms. The van der Waals surface area contributed by atoms with Gasteiger partial charge in [-0.1, -0.05) is 0 Å². The number of carbonyl (C=O) groups is 4. The fraction of sp³-hybridized carbons (Fsp3) is 0.930. The highest BCUT2D eigenvalue weighted by Crippen LogP contribution is 2.39. The van der Waals surface area contributed by atoms with Crippen LogP contribution in [0.2, 0.25) is 0 Å². The SMILES string of the molecule is CC(=O)NC1C(O)[C@H](O[C@@H]2OC(CO)[C@H](O)[C@H](O)C2O)[C@H](CO)O[C@H]1OC1[C@@H](OCC2O[C@@H](O[C@@H]3C(CO)O[C@@H](O[C@@H]4C(CO)O[C@@H](C)C(NC(C)=O)[C@H]4O)C(NC(C)=O)[C@H]3O)C(O)[C@@H](O[C@H]3O[C@H](CO)[C@@H](O)C(O)C3O[C@@H]3OC(CO)[C@@H](O)[C@H](O)C3NC(C)=O)[C@@H]2O)OC(CO)[C@@H](O)[C@@H]1O. The van der Waals surface area contributed by atoms with Crippen molar-refractivity contribution in [1.29, 1.82) is 0 Å². The zero-order valence-electron chi connectivity index (χ0n) is 54.9. The summed E-state index contributed by atoms with van der Waals surface area (Å²) < 4.78 is 89.4. The Labute approximate surface area is 573 Å². The van der Waals surface area contributed by atoms with Crippen molar-refractivity contribution in [3.05, 3.63) is 0 Å². The Morgan fingerprint density at radius 2 is 0.554 bits per heavy atom. The van der Waals surface area contributed by atoms with Gasteiger partial charge < -0.3 is 200 Å². The summed E-state index contributed by atoms with van der Waals surface area (Å²) in [5, 5.41) is 242. The maximum Gasteiger partial charge on any atom is 0.217 e. The van der Waals surface area contributed by atoms with E-state index in [1.165, 1.54) is 6.92 Å². The molecule has 0 aromatic rings. The molecule has 0 aromatic carbocycles. The second kappa shape index (κ2) is 36.4. The van der Waals surface area contributed by atoms with Crippen LogP contribution in [-0.4, -0.2) is 429 Å². The zero-order valence-corrected chi connectivity index (χ0v) is 54.9. The summed E-state index contributed by atoms with van der Waals surface area (Å²) in [5.74, 6) is -3.23. The number of aliphatic hydroxyl groups excluding tert-OH is 21. The lowest BCUT2D eigenvalue weighted by atomic mass is 9.92. The molecule has 0 bridgehead atoms. The molecule has 101 heavy (non-hydrogen) atoms. The van der Waals surface area contributed by atoms with E-state index in [0.29, 0.717) is 0 Å². The minimum Gasteiger partial charge on any atom is -0.394 e. The molecule has 8 saturated heterocycles. The van der Waals surface area contributed by atoms with Gasteiger partial charge in [0.05, 0.1) is 65.0 Å². The first-order valence-electron chi connectivity index (χ1n) is 32.4. The maximum atomic E-state index is 12.9. The molecule has 0 saturated carbocycles. The van der Waals surface area contributed by atoms with E-state index in [4.69, 9.17) is 71.1 Å². The summed E-state index contributed by atoms with van der Waals surface area (Å²) in [5.41, 5.74) is 0. The normalized spacial score (nSPS) is 48.3. The molecule has 40 atom stereocenters. The van der Waals surface area contributed by atoms with Gasteiger partial charge in [-0.15, -0.1) is 0 Å². The number of nitrogens with one attached hydrogen (secondary N) is 4. The molecule has 25 N–H and O–H groups in total. The van der Waals surface area contributed by atoms with Crippen LogP contribution >= 0.6 is 0 Å². The van der Waals surface area contributed by atoms with Crippen molar-refractivity contribution in [1.82, 2.24) is 21.3 Å². The molecule has 8 rings (SSSR count). The zero-order chi connectivity index (χ0) is 74.5. The van der Waals surface area contributed by atoms with Crippen molar-refractivity contribution in [2.75, 3.05) is 52.9 Å². The molecule has 44 nitrogen and oxygen atoms in total. The lowest BCUT2D eigenvalue weighted by Gasteiger charge is -2.51. The van der Waals surface area contributed by atoms with Crippen LogP contribution in [0.25, 0.3) is 0 Å². The van der Waals surface area contributed by atoms with Crippen molar-refractivity contribution in [3.63, 3.8) is 0 Å². The Bertz CT molecular complexity index is 2640. The van der Waals surface area contributed by atoms with Crippen LogP contribution in [0.3, 0.4) is 0 Å². The number of aliphatic hydroxyl groups is 21. The number of amides is 4. The van der Waals surface area contributed by atoms with Crippen LogP contribution in [0.4, 0.5) is 0 Å². The number of hydrogen-bond donors (Lipinski definition) is 25. The van der Waals surface area contributed by atoms with Gasteiger partial charge in [0.1, 0.15) is 189 Å². The highest BCUT2D eigenvalue weighted by Gasteiger charge is 2.60. The van der Waals surface area contributed by atoms with Gasteiger partial charge in [0.2, 0.25) is 23.6 Å². The van der Waals surface area contributed by atoms with Gasteiger partial charge in [-0.25, -0.2) is 0 Å². The predicted molar refractivity (Wildman–Crippen MR) is 314 cm³/mol. The molecule has 0 aliphatic carbocycles. The van der Waals surface area contributed by atoms with E-state index in [1.807, 2.05) is 0 Å². The molecular weight excluding hydrogens is 1380 g/mol. The summed E-state index contributed by atoms with van der Waals surface area (Å²) in [6.45, 7) is -2.66. The molecule has 0 aromatic heterocycles. The summed E-state index contributed by atoms with van der Waals surface area (Å²) >= 11 is 0. The molecule has 8 heterocycles. The second-order valence-corrected chi connectivity index (χ2v) is 25.7. The van der Waals surface area contributed by atoms with Crippen molar-refractivity contribution < 1.29 is 197 Å².